The highest BCUT2D eigenvalue weighted by Gasteiger charge is 2.26. The van der Waals surface area contributed by atoms with E-state index in [-0.39, 0.29) is 5.92 Å². The van der Waals surface area contributed by atoms with E-state index >= 15 is 0 Å². The molecule has 1 aromatic carbocycles. The van der Waals surface area contributed by atoms with Gasteiger partial charge in [0.15, 0.2) is 0 Å². The largest absolute Gasteiger partial charge is 0.371 e. The number of nitrogens with one attached hydrogen (secondary N) is 1. The molecule has 114 valence electrons. The summed E-state index contributed by atoms with van der Waals surface area (Å²) in [5.41, 5.74) is 4.23. The van der Waals surface area contributed by atoms with E-state index < -0.39 is 0 Å². The van der Waals surface area contributed by atoms with Crippen LogP contribution in [0.4, 0.5) is 5.69 Å². The van der Waals surface area contributed by atoms with Gasteiger partial charge in [-0.1, -0.05) is 12.1 Å². The van der Waals surface area contributed by atoms with Crippen molar-refractivity contribution in [3.63, 3.8) is 0 Å². The number of Topliss-reactive ketones (excluding diaryl/α,β-unsaturated/α-hetero) is 1. The molecule has 2 heterocycles. The number of hydrogen-bond acceptors (Lipinski definition) is 3. The van der Waals surface area contributed by atoms with Crippen molar-refractivity contribution in [3.05, 3.63) is 29.3 Å². The summed E-state index contributed by atoms with van der Waals surface area (Å²) in [4.78, 5) is 14.0. The number of piperidine rings is 1. The molecule has 0 radical (unpaired) electrons. The van der Waals surface area contributed by atoms with E-state index in [9.17, 15) is 4.79 Å². The Balaban J connectivity index is 1.81. The van der Waals surface area contributed by atoms with E-state index in [0.29, 0.717) is 11.7 Å². The number of nitrogens with zero attached hydrogens (tertiary/aromatic N) is 1. The van der Waals surface area contributed by atoms with Crippen molar-refractivity contribution >= 4 is 11.5 Å². The second-order valence-electron chi connectivity index (χ2n) is 6.62. The first-order valence-electron chi connectivity index (χ1n) is 8.22. The second-order valence-corrected chi connectivity index (χ2v) is 6.62. The minimum absolute atomic E-state index is 0.280. The second kappa shape index (κ2) is 6.18. The minimum Gasteiger partial charge on any atom is -0.371 e. The van der Waals surface area contributed by atoms with Gasteiger partial charge in [0.2, 0.25) is 0 Å². The lowest BCUT2D eigenvalue weighted by atomic mass is 9.90. The predicted molar refractivity (Wildman–Crippen MR) is 87.0 cm³/mol. The highest BCUT2D eigenvalue weighted by Crippen LogP contribution is 2.34. The highest BCUT2D eigenvalue weighted by molar-refractivity contribution is 5.78. The summed E-state index contributed by atoms with van der Waals surface area (Å²) in [5, 5.41) is 3.47. The molecule has 1 atom stereocenters. The molecule has 1 unspecified atom stereocenters. The number of benzene rings is 1. The van der Waals surface area contributed by atoms with Crippen LogP contribution >= 0.6 is 0 Å². The Morgan fingerprint density at radius 1 is 1.24 bits per heavy atom. The molecule has 21 heavy (non-hydrogen) atoms. The fourth-order valence-corrected chi connectivity index (χ4v) is 3.72. The lowest BCUT2D eigenvalue weighted by molar-refractivity contribution is -0.121. The van der Waals surface area contributed by atoms with Crippen LogP contribution in [-0.4, -0.2) is 32.0 Å². The van der Waals surface area contributed by atoms with Crippen molar-refractivity contribution in [1.29, 1.82) is 0 Å². The van der Waals surface area contributed by atoms with Crippen molar-refractivity contribution in [1.82, 2.24) is 5.32 Å². The summed E-state index contributed by atoms with van der Waals surface area (Å²) >= 11 is 0. The highest BCUT2D eigenvalue weighted by atomic mass is 16.1. The molecule has 2 fully saturated rings. The average molecular weight is 286 g/mol. The molecule has 3 heteroatoms. The van der Waals surface area contributed by atoms with Crippen LogP contribution in [0.1, 0.15) is 43.2 Å². The van der Waals surface area contributed by atoms with Crippen LogP contribution in [-0.2, 0) is 4.79 Å². The molecule has 0 aliphatic carbocycles. The van der Waals surface area contributed by atoms with Gasteiger partial charge in [0, 0.05) is 31.2 Å². The van der Waals surface area contributed by atoms with E-state index in [1.807, 2.05) is 0 Å². The number of hydrogen-bond donors (Lipinski definition) is 1. The Hall–Kier alpha value is -1.35. The third-order valence-corrected chi connectivity index (χ3v) is 5.10. The molecule has 0 saturated carbocycles. The van der Waals surface area contributed by atoms with Gasteiger partial charge in [0.05, 0.1) is 0 Å². The van der Waals surface area contributed by atoms with E-state index in [1.165, 1.54) is 23.2 Å². The molecule has 1 aromatic rings. The molecular formula is C18H26N2O. The Morgan fingerprint density at radius 3 is 2.62 bits per heavy atom. The van der Waals surface area contributed by atoms with Crippen LogP contribution in [0, 0.1) is 12.8 Å². The smallest absolute Gasteiger partial charge is 0.133 e. The van der Waals surface area contributed by atoms with Gasteiger partial charge in [0.25, 0.3) is 0 Å². The summed E-state index contributed by atoms with van der Waals surface area (Å²) in [6.07, 6.45) is 3.25. The zero-order chi connectivity index (χ0) is 14.8. The summed E-state index contributed by atoms with van der Waals surface area (Å²) in [6, 6.07) is 6.89. The Kier molecular flexibility index (Phi) is 4.29. The van der Waals surface area contributed by atoms with Gasteiger partial charge in [-0.15, -0.1) is 0 Å². The first-order valence-corrected chi connectivity index (χ1v) is 8.22. The van der Waals surface area contributed by atoms with Gasteiger partial charge in [-0.2, -0.15) is 0 Å². The summed E-state index contributed by atoms with van der Waals surface area (Å²) in [6.45, 7) is 8.16. The minimum atomic E-state index is 0.280. The molecule has 2 saturated heterocycles. The molecular weight excluding hydrogens is 260 g/mol. The molecule has 0 amide bonds. The maximum absolute atomic E-state index is 11.5. The van der Waals surface area contributed by atoms with Crippen LogP contribution in [0.15, 0.2) is 18.2 Å². The molecule has 2 aliphatic rings. The van der Waals surface area contributed by atoms with E-state index in [1.54, 1.807) is 6.92 Å². The normalized spacial score (nSPS) is 23.5. The standard InChI is InChI=1S/C18H26N2O/c1-13-3-4-17(16-5-8-19-12-16)18(11-13)20-9-6-15(7-10-20)14(2)21/h3-4,11,15-16,19H,5-10,12H2,1-2H3. The predicted octanol–water partition coefficient (Wildman–Crippen LogP) is 2.88. The van der Waals surface area contributed by atoms with Crippen LogP contribution in [0.5, 0.6) is 0 Å². The molecule has 3 nitrogen and oxygen atoms in total. The number of ketones is 1. The monoisotopic (exact) mass is 286 g/mol. The first-order chi connectivity index (χ1) is 10.1. The Labute approximate surface area is 127 Å². The number of carbonyl (C=O) groups is 1. The SMILES string of the molecule is CC(=O)C1CCN(c2cc(C)ccc2C2CCNC2)CC1. The van der Waals surface area contributed by atoms with Gasteiger partial charge >= 0.3 is 0 Å². The lowest BCUT2D eigenvalue weighted by Gasteiger charge is -2.35. The fraction of sp³-hybridized carbons (Fsp3) is 0.611. The molecule has 0 aromatic heterocycles. The van der Waals surface area contributed by atoms with Crippen molar-refractivity contribution in [2.45, 2.75) is 39.0 Å². The van der Waals surface area contributed by atoms with Crippen molar-refractivity contribution < 1.29 is 4.79 Å². The van der Waals surface area contributed by atoms with E-state index in [2.05, 4.69) is 35.3 Å². The zero-order valence-electron chi connectivity index (χ0n) is 13.2. The maximum atomic E-state index is 11.5. The van der Waals surface area contributed by atoms with Crippen LogP contribution in [0.25, 0.3) is 0 Å². The topological polar surface area (TPSA) is 32.3 Å². The zero-order valence-corrected chi connectivity index (χ0v) is 13.2. The van der Waals surface area contributed by atoms with Crippen molar-refractivity contribution in [2.24, 2.45) is 5.92 Å². The third kappa shape index (κ3) is 3.13. The van der Waals surface area contributed by atoms with Crippen LogP contribution in [0.3, 0.4) is 0 Å². The summed E-state index contributed by atoms with van der Waals surface area (Å²) in [5.74, 6) is 1.29. The average Bonchev–Trinajstić information content (AvgIpc) is 3.01. The summed E-state index contributed by atoms with van der Waals surface area (Å²) < 4.78 is 0. The summed E-state index contributed by atoms with van der Waals surface area (Å²) in [7, 11) is 0. The Morgan fingerprint density at radius 2 is 2.00 bits per heavy atom. The van der Waals surface area contributed by atoms with Crippen LogP contribution in [0.2, 0.25) is 0 Å². The molecule has 1 N–H and O–H groups in total. The third-order valence-electron chi connectivity index (χ3n) is 5.10. The fourth-order valence-electron chi connectivity index (χ4n) is 3.72. The molecule has 0 spiro atoms. The molecule has 3 rings (SSSR count). The van der Waals surface area contributed by atoms with E-state index in [0.717, 1.165) is 39.0 Å². The number of aryl methyl sites for hydroxylation is 1. The quantitative estimate of drug-likeness (QED) is 0.927. The van der Waals surface area contributed by atoms with Crippen molar-refractivity contribution in [2.75, 3.05) is 31.1 Å². The maximum Gasteiger partial charge on any atom is 0.133 e. The van der Waals surface area contributed by atoms with E-state index in [4.69, 9.17) is 0 Å². The number of carbonyl (C=O) groups excluding carboxylic acids is 1. The van der Waals surface area contributed by atoms with Gasteiger partial charge in [0.1, 0.15) is 5.78 Å². The Bertz CT molecular complexity index is 512. The van der Waals surface area contributed by atoms with Gasteiger partial charge in [-0.25, -0.2) is 0 Å². The molecule has 0 bridgehead atoms. The number of anilines is 1. The van der Waals surface area contributed by atoms with Gasteiger partial charge in [-0.3, -0.25) is 4.79 Å². The lowest BCUT2D eigenvalue weighted by Crippen LogP contribution is -2.36. The first kappa shape index (κ1) is 14.6. The van der Waals surface area contributed by atoms with Crippen molar-refractivity contribution in [3.8, 4) is 0 Å². The van der Waals surface area contributed by atoms with Gasteiger partial charge in [-0.05, 0) is 62.8 Å². The molecule has 2 aliphatic heterocycles. The number of rotatable bonds is 3. The van der Waals surface area contributed by atoms with Gasteiger partial charge < -0.3 is 10.2 Å². The van der Waals surface area contributed by atoms with Crippen LogP contribution < -0.4 is 10.2 Å².